The Hall–Kier alpha value is -3.21. The highest BCUT2D eigenvalue weighted by Gasteiger charge is 2.48. The van der Waals surface area contributed by atoms with Crippen molar-refractivity contribution in [3.8, 4) is 0 Å². The zero-order chi connectivity index (χ0) is 29.2. The van der Waals surface area contributed by atoms with Gasteiger partial charge in [-0.1, -0.05) is 49.6 Å². The highest BCUT2D eigenvalue weighted by molar-refractivity contribution is 7.87. The van der Waals surface area contributed by atoms with Gasteiger partial charge in [0.15, 0.2) is 0 Å². The van der Waals surface area contributed by atoms with Gasteiger partial charge >= 0.3 is 10.2 Å². The van der Waals surface area contributed by atoms with E-state index < -0.39 is 16.1 Å². The van der Waals surface area contributed by atoms with Crippen molar-refractivity contribution in [2.75, 3.05) is 40.4 Å². The van der Waals surface area contributed by atoms with Crippen LogP contribution in [0.3, 0.4) is 0 Å². The predicted octanol–water partition coefficient (Wildman–Crippen LogP) is 3.75. The first-order chi connectivity index (χ1) is 20.3. The second kappa shape index (κ2) is 10.5. The van der Waals surface area contributed by atoms with E-state index in [2.05, 4.69) is 39.6 Å². The fourth-order valence-corrected chi connectivity index (χ4v) is 8.10. The number of benzene rings is 1. The zero-order valence-corrected chi connectivity index (χ0v) is 25.1. The fourth-order valence-electron chi connectivity index (χ4n) is 7.58. The van der Waals surface area contributed by atoms with Crippen molar-refractivity contribution >= 4 is 32.9 Å². The topological polar surface area (TPSA) is 101 Å². The number of ether oxygens (including phenoxy) is 1. The smallest absolute Gasteiger partial charge is 0.303 e. The van der Waals surface area contributed by atoms with E-state index in [4.69, 9.17) is 4.74 Å². The Morgan fingerprint density at radius 2 is 1.83 bits per heavy atom. The highest BCUT2D eigenvalue weighted by atomic mass is 32.2. The summed E-state index contributed by atoms with van der Waals surface area (Å²) < 4.78 is 36.3. The Kier molecular flexibility index (Phi) is 6.90. The number of hydrogen-bond donors (Lipinski definition) is 1. The molecule has 3 aliphatic carbocycles. The number of fused-ring (bicyclic) bond motifs is 6. The third kappa shape index (κ3) is 4.55. The first-order valence-corrected chi connectivity index (χ1v) is 16.6. The monoisotopic (exact) mass is 590 g/mol. The molecule has 2 amide bonds. The van der Waals surface area contributed by atoms with E-state index in [1.54, 1.807) is 0 Å². The van der Waals surface area contributed by atoms with Gasteiger partial charge < -0.3 is 14.2 Å². The summed E-state index contributed by atoms with van der Waals surface area (Å²) in [7, 11) is -1.16. The first-order valence-electron chi connectivity index (χ1n) is 15.1. The van der Waals surface area contributed by atoms with Gasteiger partial charge in [-0.2, -0.15) is 12.7 Å². The van der Waals surface area contributed by atoms with Crippen LogP contribution in [-0.4, -0.2) is 74.4 Å². The van der Waals surface area contributed by atoms with E-state index in [0.29, 0.717) is 50.8 Å². The van der Waals surface area contributed by atoms with Crippen molar-refractivity contribution in [3.05, 3.63) is 70.0 Å². The molecule has 10 heteroatoms. The molecule has 2 fully saturated rings. The van der Waals surface area contributed by atoms with E-state index in [9.17, 15) is 18.0 Å². The lowest BCUT2D eigenvalue weighted by Crippen LogP contribution is -2.45. The lowest BCUT2D eigenvalue weighted by atomic mass is 9.76. The molecular weight excluding hydrogens is 552 g/mol. The number of morpholine rings is 1. The van der Waals surface area contributed by atoms with Crippen molar-refractivity contribution in [1.29, 1.82) is 0 Å². The number of amides is 2. The van der Waals surface area contributed by atoms with E-state index in [-0.39, 0.29) is 17.7 Å². The van der Waals surface area contributed by atoms with Crippen LogP contribution in [-0.2, 0) is 31.1 Å². The molecule has 2 aromatic rings. The van der Waals surface area contributed by atoms with Crippen LogP contribution in [0.4, 0.5) is 0 Å². The van der Waals surface area contributed by atoms with E-state index in [1.165, 1.54) is 44.4 Å². The summed E-state index contributed by atoms with van der Waals surface area (Å²) in [5.74, 6) is -0.565. The standard InChI is InChI=1S/C32H38N4O5S/c1-34(2)42(39,40)33-31(37)29-25-19-36-26(18-21-10-6-11-22(30(21)36)20-8-4-3-5-9-20)27-23(28(25)29)12-7-13-24(27)32(38)35-14-16-41-17-15-35/h6-7,10-12,18,20,24,27H,3-5,8-9,13-17,19H2,1-2H3,(H,33,37)/t24-,27?/m1/s1. The first kappa shape index (κ1) is 27.6. The minimum Gasteiger partial charge on any atom is -0.378 e. The molecular formula is C32H38N4O5S. The molecule has 222 valence electrons. The van der Waals surface area contributed by atoms with Crippen LogP contribution < -0.4 is 4.72 Å². The number of nitrogens with one attached hydrogen (secondary N) is 1. The average Bonchev–Trinajstić information content (AvgIpc) is 3.63. The molecule has 2 aliphatic heterocycles. The average molecular weight is 591 g/mol. The summed E-state index contributed by atoms with van der Waals surface area (Å²) in [4.78, 5) is 29.4. The lowest BCUT2D eigenvalue weighted by molar-refractivity contribution is -0.140. The van der Waals surface area contributed by atoms with Gasteiger partial charge in [-0.05, 0) is 53.5 Å². The summed E-state index contributed by atoms with van der Waals surface area (Å²) in [6, 6.07) is 8.81. The van der Waals surface area contributed by atoms with Gasteiger partial charge in [0.05, 0.1) is 30.2 Å². The van der Waals surface area contributed by atoms with Crippen LogP contribution in [0.1, 0.15) is 61.6 Å². The number of nitrogens with zero attached hydrogens (tertiary/aromatic N) is 3. The molecule has 1 saturated heterocycles. The van der Waals surface area contributed by atoms with Crippen molar-refractivity contribution < 1.29 is 22.7 Å². The minimum atomic E-state index is -3.95. The number of aromatic nitrogens is 1. The van der Waals surface area contributed by atoms with Crippen LogP contribution in [0.2, 0.25) is 0 Å². The second-order valence-electron chi connectivity index (χ2n) is 12.3. The molecule has 7 rings (SSSR count). The molecule has 0 bridgehead atoms. The third-order valence-electron chi connectivity index (χ3n) is 9.74. The Labute approximate surface area is 247 Å². The van der Waals surface area contributed by atoms with Crippen LogP contribution in [0, 0.1) is 5.92 Å². The van der Waals surface area contributed by atoms with Gasteiger partial charge in [-0.3, -0.25) is 9.59 Å². The van der Waals surface area contributed by atoms with Crippen molar-refractivity contribution in [3.63, 3.8) is 0 Å². The van der Waals surface area contributed by atoms with Gasteiger partial charge in [-0.25, -0.2) is 4.72 Å². The number of allylic oxidation sites excluding steroid dienone is 4. The maximum Gasteiger partial charge on any atom is 0.303 e. The van der Waals surface area contributed by atoms with E-state index in [0.717, 1.165) is 44.9 Å². The van der Waals surface area contributed by atoms with Crippen LogP contribution in [0.25, 0.3) is 10.9 Å². The minimum absolute atomic E-state index is 0.111. The number of rotatable bonds is 5. The maximum atomic E-state index is 14.1. The highest BCUT2D eigenvalue weighted by Crippen LogP contribution is 2.54. The molecule has 2 atom stereocenters. The van der Waals surface area contributed by atoms with Crippen LogP contribution in [0.15, 0.2) is 58.7 Å². The molecule has 1 saturated carbocycles. The molecule has 3 heterocycles. The predicted molar refractivity (Wildman–Crippen MR) is 160 cm³/mol. The van der Waals surface area contributed by atoms with Crippen LogP contribution in [0.5, 0.6) is 0 Å². The Morgan fingerprint density at radius 1 is 1.07 bits per heavy atom. The van der Waals surface area contributed by atoms with Crippen molar-refractivity contribution in [2.45, 2.75) is 56.9 Å². The molecule has 9 nitrogen and oxygen atoms in total. The summed E-state index contributed by atoms with van der Waals surface area (Å²) in [5, 5.41) is 1.16. The van der Waals surface area contributed by atoms with Gasteiger partial charge in [0.2, 0.25) is 5.91 Å². The molecule has 0 spiro atoms. The Bertz CT molecular complexity index is 1670. The molecule has 42 heavy (non-hydrogen) atoms. The molecule has 1 aromatic carbocycles. The molecule has 1 aromatic heterocycles. The summed E-state index contributed by atoms with van der Waals surface area (Å²) >= 11 is 0. The van der Waals surface area contributed by atoms with E-state index in [1.807, 2.05) is 11.0 Å². The normalized spacial score (nSPS) is 24.4. The van der Waals surface area contributed by atoms with Gasteiger partial charge in [0.25, 0.3) is 5.91 Å². The van der Waals surface area contributed by atoms with Gasteiger partial charge in [-0.15, -0.1) is 0 Å². The molecule has 0 radical (unpaired) electrons. The largest absolute Gasteiger partial charge is 0.378 e. The fraction of sp³-hybridized carbons (Fsp3) is 0.500. The maximum absolute atomic E-state index is 14.1. The van der Waals surface area contributed by atoms with Gasteiger partial charge in [0, 0.05) is 50.7 Å². The summed E-state index contributed by atoms with van der Waals surface area (Å²) in [6.07, 6.45) is 10.8. The van der Waals surface area contributed by atoms with E-state index >= 15 is 0 Å². The summed E-state index contributed by atoms with van der Waals surface area (Å²) in [5.41, 5.74) is 6.69. The molecule has 5 aliphatic rings. The second-order valence-corrected chi connectivity index (χ2v) is 14.2. The van der Waals surface area contributed by atoms with Crippen molar-refractivity contribution in [1.82, 2.24) is 18.5 Å². The quantitative estimate of drug-likeness (QED) is 0.572. The lowest BCUT2D eigenvalue weighted by Gasteiger charge is -2.36. The Balaban J connectivity index is 1.38. The third-order valence-corrected chi connectivity index (χ3v) is 11.1. The van der Waals surface area contributed by atoms with Crippen molar-refractivity contribution in [2.24, 2.45) is 5.92 Å². The van der Waals surface area contributed by atoms with Gasteiger partial charge in [0.1, 0.15) is 0 Å². The van der Waals surface area contributed by atoms with Crippen LogP contribution >= 0.6 is 0 Å². The summed E-state index contributed by atoms with van der Waals surface area (Å²) in [6.45, 7) is 2.70. The SMILES string of the molecule is CN(C)S(=O)(=O)NC(=O)C1=C2Cn3c(cc4cccc(C5CCCCC5)c43)C3C(=C21)C=CC[C@H]3C(=O)N1CCOCC1. The zero-order valence-electron chi connectivity index (χ0n) is 24.3. The molecule has 1 unspecified atom stereocenters. The number of carbonyl (C=O) groups is 2. The number of carbonyl (C=O) groups excluding carboxylic acids is 2. The Morgan fingerprint density at radius 3 is 2.57 bits per heavy atom. The number of para-hydroxylation sites is 1. The molecule has 1 N–H and O–H groups in total. The number of hydrogen-bond acceptors (Lipinski definition) is 5.